The van der Waals surface area contributed by atoms with E-state index >= 15 is 0 Å². The number of methoxy groups -OCH3 is 3. The Bertz CT molecular complexity index is 792. The van der Waals surface area contributed by atoms with Gasteiger partial charge in [0.2, 0.25) is 11.8 Å². The molecule has 0 heterocycles. The Kier molecular flexibility index (Phi) is 7.49. The van der Waals surface area contributed by atoms with Crippen molar-refractivity contribution in [3.8, 4) is 17.2 Å². The fourth-order valence-electron chi connectivity index (χ4n) is 2.48. The zero-order chi connectivity index (χ0) is 19.6. The van der Waals surface area contributed by atoms with Crippen LogP contribution in [0.25, 0.3) is 0 Å². The first-order chi connectivity index (χ1) is 13.0. The second-order valence-electron chi connectivity index (χ2n) is 5.74. The largest absolute Gasteiger partial charge is 0.497 e. The molecule has 2 aromatic rings. The molecule has 7 heteroatoms. The summed E-state index contributed by atoms with van der Waals surface area (Å²) in [5.74, 6) is 1.08. The number of ether oxygens (including phenoxy) is 3. The van der Waals surface area contributed by atoms with Gasteiger partial charge >= 0.3 is 0 Å². The first kappa shape index (κ1) is 20.1. The summed E-state index contributed by atoms with van der Waals surface area (Å²) < 4.78 is 15.5. The molecule has 2 aromatic carbocycles. The van der Waals surface area contributed by atoms with Gasteiger partial charge in [0.25, 0.3) is 0 Å². The van der Waals surface area contributed by atoms with E-state index in [-0.39, 0.29) is 12.3 Å². The molecule has 144 valence electrons. The van der Waals surface area contributed by atoms with Gasteiger partial charge in [0, 0.05) is 12.6 Å². The van der Waals surface area contributed by atoms with Gasteiger partial charge in [-0.1, -0.05) is 12.1 Å². The summed E-state index contributed by atoms with van der Waals surface area (Å²) >= 11 is 0. The molecule has 0 aliphatic heterocycles. The van der Waals surface area contributed by atoms with Crippen LogP contribution in [0.3, 0.4) is 0 Å². The summed E-state index contributed by atoms with van der Waals surface area (Å²) in [5.41, 5.74) is 1.52. The van der Waals surface area contributed by atoms with E-state index in [0.29, 0.717) is 30.2 Å². The molecule has 0 spiro atoms. The van der Waals surface area contributed by atoms with Crippen molar-refractivity contribution < 1.29 is 23.8 Å². The molecular weight excluding hydrogens is 348 g/mol. The second kappa shape index (κ2) is 10.1. The van der Waals surface area contributed by atoms with Gasteiger partial charge in [0.15, 0.2) is 0 Å². The smallest absolute Gasteiger partial charge is 0.233 e. The molecule has 0 saturated heterocycles. The highest BCUT2D eigenvalue weighted by Gasteiger charge is 2.12. The number of hydrogen-bond donors (Lipinski definition) is 2. The molecular formula is C20H24N2O5. The molecule has 0 radical (unpaired) electrons. The van der Waals surface area contributed by atoms with Crippen LogP contribution in [-0.2, 0) is 16.0 Å². The van der Waals surface area contributed by atoms with Gasteiger partial charge in [-0.25, -0.2) is 0 Å². The average Bonchev–Trinajstić information content (AvgIpc) is 2.68. The van der Waals surface area contributed by atoms with E-state index in [1.807, 2.05) is 24.3 Å². The number of anilines is 1. The minimum absolute atomic E-state index is 0.271. The molecule has 2 amide bonds. The maximum atomic E-state index is 12.1. The van der Waals surface area contributed by atoms with Crippen LogP contribution < -0.4 is 24.8 Å². The number of amides is 2. The van der Waals surface area contributed by atoms with Crippen LogP contribution in [0.4, 0.5) is 5.69 Å². The average molecular weight is 372 g/mol. The van der Waals surface area contributed by atoms with Crippen LogP contribution in [0.1, 0.15) is 12.0 Å². The molecule has 0 atom stereocenters. The topological polar surface area (TPSA) is 85.9 Å². The summed E-state index contributed by atoms with van der Waals surface area (Å²) in [6.07, 6.45) is 0.379. The number of hydrogen-bond acceptors (Lipinski definition) is 5. The van der Waals surface area contributed by atoms with E-state index in [1.165, 1.54) is 7.11 Å². The molecule has 2 rings (SSSR count). The zero-order valence-electron chi connectivity index (χ0n) is 15.7. The Labute approximate surface area is 158 Å². The first-order valence-electron chi connectivity index (χ1n) is 8.47. The molecule has 0 bridgehead atoms. The zero-order valence-corrected chi connectivity index (χ0v) is 15.7. The first-order valence-corrected chi connectivity index (χ1v) is 8.47. The van der Waals surface area contributed by atoms with Gasteiger partial charge in [-0.15, -0.1) is 0 Å². The van der Waals surface area contributed by atoms with Crippen LogP contribution in [0.15, 0.2) is 42.5 Å². The molecule has 0 fully saturated rings. The van der Waals surface area contributed by atoms with E-state index in [2.05, 4.69) is 10.6 Å². The molecule has 0 unspecified atom stereocenters. The van der Waals surface area contributed by atoms with Crippen molar-refractivity contribution in [2.24, 2.45) is 0 Å². The SMILES string of the molecule is COc1cccc(CCNC(=O)CC(=O)Nc2ccc(OC)cc2OC)c1. The minimum atomic E-state index is -0.419. The van der Waals surface area contributed by atoms with Crippen molar-refractivity contribution in [1.82, 2.24) is 5.32 Å². The van der Waals surface area contributed by atoms with Gasteiger partial charge < -0.3 is 24.8 Å². The Balaban J connectivity index is 1.80. The second-order valence-corrected chi connectivity index (χ2v) is 5.74. The summed E-state index contributed by atoms with van der Waals surface area (Å²) in [4.78, 5) is 24.1. The third-order valence-corrected chi connectivity index (χ3v) is 3.87. The highest BCUT2D eigenvalue weighted by Crippen LogP contribution is 2.29. The van der Waals surface area contributed by atoms with Gasteiger partial charge in [-0.3, -0.25) is 9.59 Å². The lowest BCUT2D eigenvalue weighted by atomic mass is 10.1. The standard InChI is InChI=1S/C20H24N2O5/c1-25-15-6-4-5-14(11-15)9-10-21-19(23)13-20(24)22-17-8-7-16(26-2)12-18(17)27-3/h4-8,11-12H,9-10,13H2,1-3H3,(H,21,23)(H,22,24). The van der Waals surface area contributed by atoms with Gasteiger partial charge in [0.1, 0.15) is 23.7 Å². The van der Waals surface area contributed by atoms with Crippen LogP contribution in [-0.4, -0.2) is 39.7 Å². The Morgan fingerprint density at radius 3 is 2.33 bits per heavy atom. The number of rotatable bonds is 9. The fraction of sp³-hybridized carbons (Fsp3) is 0.300. The molecule has 0 aliphatic rings. The predicted octanol–water partition coefficient (Wildman–Crippen LogP) is 2.40. The van der Waals surface area contributed by atoms with Crippen LogP contribution in [0.5, 0.6) is 17.2 Å². The number of carbonyl (C=O) groups excluding carboxylic acids is 2. The van der Waals surface area contributed by atoms with E-state index in [4.69, 9.17) is 14.2 Å². The van der Waals surface area contributed by atoms with E-state index in [0.717, 1.165) is 11.3 Å². The third-order valence-electron chi connectivity index (χ3n) is 3.87. The Hall–Kier alpha value is -3.22. The minimum Gasteiger partial charge on any atom is -0.497 e. The number of carbonyl (C=O) groups is 2. The lowest BCUT2D eigenvalue weighted by Crippen LogP contribution is -2.29. The highest BCUT2D eigenvalue weighted by molar-refractivity contribution is 6.04. The summed E-state index contributed by atoms with van der Waals surface area (Å²) in [7, 11) is 4.65. The van der Waals surface area contributed by atoms with Crippen LogP contribution in [0, 0.1) is 0 Å². The number of benzene rings is 2. The van der Waals surface area contributed by atoms with Crippen molar-refractivity contribution in [2.75, 3.05) is 33.2 Å². The van der Waals surface area contributed by atoms with E-state index in [1.54, 1.807) is 32.4 Å². The maximum absolute atomic E-state index is 12.1. The summed E-state index contributed by atoms with van der Waals surface area (Å²) in [6.45, 7) is 0.436. The van der Waals surface area contributed by atoms with Crippen molar-refractivity contribution in [1.29, 1.82) is 0 Å². The molecule has 2 N–H and O–H groups in total. The fourth-order valence-corrected chi connectivity index (χ4v) is 2.48. The van der Waals surface area contributed by atoms with Crippen LogP contribution >= 0.6 is 0 Å². The monoisotopic (exact) mass is 372 g/mol. The van der Waals surface area contributed by atoms with Crippen LogP contribution in [0.2, 0.25) is 0 Å². The molecule has 0 saturated carbocycles. The maximum Gasteiger partial charge on any atom is 0.233 e. The van der Waals surface area contributed by atoms with E-state index < -0.39 is 5.91 Å². The normalized spacial score (nSPS) is 10.0. The third kappa shape index (κ3) is 6.22. The summed E-state index contributed by atoms with van der Waals surface area (Å²) in [5, 5.41) is 5.41. The van der Waals surface area contributed by atoms with Gasteiger partial charge in [0.05, 0.1) is 27.0 Å². The van der Waals surface area contributed by atoms with E-state index in [9.17, 15) is 9.59 Å². The van der Waals surface area contributed by atoms with Crippen molar-refractivity contribution in [2.45, 2.75) is 12.8 Å². The van der Waals surface area contributed by atoms with Crippen molar-refractivity contribution in [3.05, 3.63) is 48.0 Å². The molecule has 0 aliphatic carbocycles. The highest BCUT2D eigenvalue weighted by atomic mass is 16.5. The Morgan fingerprint density at radius 2 is 1.63 bits per heavy atom. The van der Waals surface area contributed by atoms with Crippen molar-refractivity contribution in [3.63, 3.8) is 0 Å². The number of nitrogens with one attached hydrogen (secondary N) is 2. The molecule has 7 nitrogen and oxygen atoms in total. The van der Waals surface area contributed by atoms with Gasteiger partial charge in [-0.2, -0.15) is 0 Å². The lowest BCUT2D eigenvalue weighted by molar-refractivity contribution is -0.126. The molecule has 0 aromatic heterocycles. The quantitative estimate of drug-likeness (QED) is 0.660. The lowest BCUT2D eigenvalue weighted by Gasteiger charge is -2.11. The summed E-state index contributed by atoms with van der Waals surface area (Å²) in [6, 6.07) is 12.6. The predicted molar refractivity (Wildman–Crippen MR) is 103 cm³/mol. The molecule has 27 heavy (non-hydrogen) atoms. The van der Waals surface area contributed by atoms with Gasteiger partial charge in [-0.05, 0) is 36.2 Å². The van der Waals surface area contributed by atoms with Crippen molar-refractivity contribution >= 4 is 17.5 Å². The Morgan fingerprint density at radius 1 is 0.889 bits per heavy atom.